The van der Waals surface area contributed by atoms with Crippen LogP contribution in [0.2, 0.25) is 0 Å². The monoisotopic (exact) mass is 588 g/mol. The highest BCUT2D eigenvalue weighted by molar-refractivity contribution is 6.25. The fourth-order valence-corrected chi connectivity index (χ4v) is 7.77. The zero-order valence-electron chi connectivity index (χ0n) is 25.3. The van der Waals surface area contributed by atoms with Gasteiger partial charge in [0, 0.05) is 6.42 Å². The van der Waals surface area contributed by atoms with Crippen LogP contribution in [0.5, 0.6) is 11.5 Å². The van der Waals surface area contributed by atoms with Crippen molar-refractivity contribution in [3.63, 3.8) is 0 Å². The molecule has 0 N–H and O–H groups in total. The van der Waals surface area contributed by atoms with E-state index in [-0.39, 0.29) is 0 Å². The molecule has 2 heterocycles. The number of benzene rings is 8. The predicted octanol–water partition coefficient (Wildman–Crippen LogP) is 11.6. The van der Waals surface area contributed by atoms with Crippen molar-refractivity contribution in [3.8, 4) is 39.4 Å². The Labute approximate surface area is 265 Å². The molecule has 0 saturated carbocycles. The summed E-state index contributed by atoms with van der Waals surface area (Å²) in [6, 6.07) is 50.5. The first-order chi connectivity index (χ1) is 22.8. The van der Waals surface area contributed by atoms with Gasteiger partial charge in [0.25, 0.3) is 0 Å². The third-order valence-electron chi connectivity index (χ3n) is 9.70. The zero-order chi connectivity index (χ0) is 30.4. The van der Waals surface area contributed by atoms with E-state index in [1.807, 2.05) is 12.1 Å². The fraction of sp³-hybridized carbons (Fsp3) is 0.0465. The van der Waals surface area contributed by atoms with E-state index in [1.165, 1.54) is 59.8 Å². The minimum absolute atomic E-state index is 0.843. The molecule has 0 radical (unpaired) electrons. The lowest BCUT2D eigenvalue weighted by atomic mass is 9.84. The van der Waals surface area contributed by atoms with Crippen LogP contribution in [0.4, 0.5) is 0 Å². The molecule has 9 aromatic rings. The Balaban J connectivity index is 1.28. The summed E-state index contributed by atoms with van der Waals surface area (Å²) < 4.78 is 8.89. The van der Waals surface area contributed by atoms with Gasteiger partial charge in [-0.2, -0.15) is 0 Å². The van der Waals surface area contributed by atoms with Crippen molar-refractivity contribution in [2.45, 2.75) is 13.3 Å². The van der Waals surface area contributed by atoms with E-state index in [0.29, 0.717) is 0 Å². The second kappa shape index (κ2) is 9.53. The first-order valence-corrected chi connectivity index (χ1v) is 16.0. The minimum Gasteiger partial charge on any atom is -0.453 e. The average Bonchev–Trinajstić information content (AvgIpc) is 3.50. The zero-order valence-corrected chi connectivity index (χ0v) is 25.3. The Morgan fingerprint density at radius 2 is 1.17 bits per heavy atom. The third kappa shape index (κ3) is 3.45. The molecule has 0 saturated heterocycles. The summed E-state index contributed by atoms with van der Waals surface area (Å²) in [5.41, 5.74) is 7.94. The van der Waals surface area contributed by atoms with Crippen LogP contribution >= 0.6 is 0 Å². The molecular formula is C43H28N2O. The van der Waals surface area contributed by atoms with Crippen LogP contribution in [-0.2, 0) is 6.42 Å². The first-order valence-electron chi connectivity index (χ1n) is 16.0. The van der Waals surface area contributed by atoms with Gasteiger partial charge in [0.05, 0.1) is 11.2 Å². The molecule has 3 heteroatoms. The first kappa shape index (κ1) is 25.4. The lowest BCUT2D eigenvalue weighted by molar-refractivity contribution is 0.474. The van der Waals surface area contributed by atoms with Gasteiger partial charge in [-0.3, -0.25) is 4.57 Å². The number of para-hydroxylation sites is 1. The topological polar surface area (TPSA) is 27.1 Å². The Morgan fingerprint density at radius 1 is 0.543 bits per heavy atom. The summed E-state index contributed by atoms with van der Waals surface area (Å²) in [5.74, 6) is 2.74. The number of hydrogen-bond acceptors (Lipinski definition) is 2. The van der Waals surface area contributed by atoms with Crippen molar-refractivity contribution in [1.82, 2.24) is 9.55 Å². The van der Waals surface area contributed by atoms with Gasteiger partial charge in [0.15, 0.2) is 11.5 Å². The van der Waals surface area contributed by atoms with E-state index in [2.05, 4.69) is 139 Å². The molecular weight excluding hydrogens is 560 g/mol. The van der Waals surface area contributed by atoms with E-state index in [9.17, 15) is 0 Å². The number of imidazole rings is 1. The highest BCUT2D eigenvalue weighted by Crippen LogP contribution is 2.48. The van der Waals surface area contributed by atoms with E-state index in [4.69, 9.17) is 9.72 Å². The molecule has 0 fully saturated rings. The summed E-state index contributed by atoms with van der Waals surface area (Å²) in [4.78, 5) is 4.93. The molecule has 0 atom stereocenters. The molecule has 0 unspecified atom stereocenters. The predicted molar refractivity (Wildman–Crippen MR) is 191 cm³/mol. The van der Waals surface area contributed by atoms with Crippen LogP contribution in [0.1, 0.15) is 12.7 Å². The standard InChI is InChI=1S/C43H28N2O/c1-2-40-44-36-20-11-21-38-43(36)45(40)37-23-22-27(25-39(37)46-38)41-31-16-7-9-18-33(31)42(34-19-10-8-17-32(34)41)35-24-26-12-3-4-13-28(26)29-14-5-6-15-30(29)35/h3-25H,2H2,1H3. The molecule has 216 valence electrons. The SMILES string of the molecule is CCc1nc2cccc3c2n1-c1ccc(-c2c4ccccc4c(-c4cc5ccccc5c5ccccc45)c4ccccc24)cc1O3. The smallest absolute Gasteiger partial charge is 0.153 e. The number of aromatic nitrogens is 2. The molecule has 1 aliphatic rings. The minimum atomic E-state index is 0.843. The van der Waals surface area contributed by atoms with E-state index < -0.39 is 0 Å². The van der Waals surface area contributed by atoms with E-state index in [1.54, 1.807) is 0 Å². The van der Waals surface area contributed by atoms with Crippen LogP contribution in [0, 0.1) is 0 Å². The second-order valence-electron chi connectivity index (χ2n) is 12.2. The Morgan fingerprint density at radius 3 is 1.89 bits per heavy atom. The summed E-state index contributed by atoms with van der Waals surface area (Å²) in [6.07, 6.45) is 0.843. The quantitative estimate of drug-likeness (QED) is 0.152. The van der Waals surface area contributed by atoms with Crippen molar-refractivity contribution >= 4 is 54.1 Å². The van der Waals surface area contributed by atoms with Crippen molar-refractivity contribution < 1.29 is 4.74 Å². The fourth-order valence-electron chi connectivity index (χ4n) is 7.77. The molecule has 0 aliphatic carbocycles. The van der Waals surface area contributed by atoms with Crippen LogP contribution in [0.3, 0.4) is 0 Å². The number of fused-ring (bicyclic) bond motifs is 7. The van der Waals surface area contributed by atoms with Crippen LogP contribution in [0.25, 0.3) is 82.1 Å². The molecule has 8 aromatic carbocycles. The van der Waals surface area contributed by atoms with Gasteiger partial charge in [0.2, 0.25) is 0 Å². The maximum atomic E-state index is 6.61. The summed E-state index contributed by atoms with van der Waals surface area (Å²) in [6.45, 7) is 2.16. The third-order valence-corrected chi connectivity index (χ3v) is 9.70. The van der Waals surface area contributed by atoms with Crippen molar-refractivity contribution in [2.75, 3.05) is 0 Å². The molecule has 1 aromatic heterocycles. The lowest BCUT2D eigenvalue weighted by Gasteiger charge is -2.23. The van der Waals surface area contributed by atoms with Gasteiger partial charge in [-0.25, -0.2) is 4.98 Å². The number of aryl methyl sites for hydroxylation is 1. The average molecular weight is 589 g/mol. The summed E-state index contributed by atoms with van der Waals surface area (Å²) in [7, 11) is 0. The molecule has 10 rings (SSSR count). The second-order valence-corrected chi connectivity index (χ2v) is 12.2. The highest BCUT2D eigenvalue weighted by atomic mass is 16.5. The lowest BCUT2D eigenvalue weighted by Crippen LogP contribution is -2.07. The summed E-state index contributed by atoms with van der Waals surface area (Å²) >= 11 is 0. The van der Waals surface area contributed by atoms with E-state index >= 15 is 0 Å². The molecule has 3 nitrogen and oxygen atoms in total. The summed E-state index contributed by atoms with van der Waals surface area (Å²) in [5, 5.41) is 10.0. The van der Waals surface area contributed by atoms with Crippen molar-refractivity contribution in [3.05, 3.63) is 145 Å². The number of hydrogen-bond donors (Lipinski definition) is 0. The normalized spacial score (nSPS) is 12.3. The van der Waals surface area contributed by atoms with Gasteiger partial charge in [-0.05, 0) is 95.7 Å². The molecule has 1 aliphatic heterocycles. The van der Waals surface area contributed by atoms with Gasteiger partial charge < -0.3 is 4.74 Å². The Hall–Kier alpha value is -5.93. The van der Waals surface area contributed by atoms with E-state index in [0.717, 1.165) is 46.0 Å². The molecule has 0 amide bonds. The van der Waals surface area contributed by atoms with Gasteiger partial charge in [-0.15, -0.1) is 0 Å². The van der Waals surface area contributed by atoms with Crippen molar-refractivity contribution in [1.29, 1.82) is 0 Å². The maximum absolute atomic E-state index is 6.61. The van der Waals surface area contributed by atoms with Gasteiger partial charge in [0.1, 0.15) is 11.3 Å². The van der Waals surface area contributed by atoms with Gasteiger partial charge in [-0.1, -0.05) is 116 Å². The molecule has 46 heavy (non-hydrogen) atoms. The van der Waals surface area contributed by atoms with Gasteiger partial charge >= 0.3 is 0 Å². The Kier molecular flexibility index (Phi) is 5.26. The number of nitrogens with zero attached hydrogens (tertiary/aromatic N) is 2. The largest absolute Gasteiger partial charge is 0.453 e. The van der Waals surface area contributed by atoms with Crippen molar-refractivity contribution in [2.24, 2.45) is 0 Å². The van der Waals surface area contributed by atoms with Crippen LogP contribution < -0.4 is 4.74 Å². The number of rotatable bonds is 3. The van der Waals surface area contributed by atoms with Crippen LogP contribution in [0.15, 0.2) is 140 Å². The molecule has 0 bridgehead atoms. The maximum Gasteiger partial charge on any atom is 0.153 e. The number of ether oxygens (including phenoxy) is 1. The molecule has 0 spiro atoms. The highest BCUT2D eigenvalue weighted by Gasteiger charge is 2.25. The van der Waals surface area contributed by atoms with Crippen LogP contribution in [-0.4, -0.2) is 9.55 Å². The Bertz CT molecular complexity index is 2660.